The van der Waals surface area contributed by atoms with Crippen molar-refractivity contribution in [1.29, 1.82) is 0 Å². The van der Waals surface area contributed by atoms with Crippen LogP contribution in [-0.4, -0.2) is 0 Å². The lowest BCUT2D eigenvalue weighted by Gasteiger charge is -2.07. The van der Waals surface area contributed by atoms with Crippen LogP contribution in [0.5, 0.6) is 0 Å². The Morgan fingerprint density at radius 1 is 1.23 bits per heavy atom. The van der Waals surface area contributed by atoms with Crippen LogP contribution in [0.4, 0.5) is 0 Å². The highest BCUT2D eigenvalue weighted by molar-refractivity contribution is 5.30. The van der Waals surface area contributed by atoms with Crippen molar-refractivity contribution in [3.05, 3.63) is 47.6 Å². The van der Waals surface area contributed by atoms with Crippen LogP contribution in [0.15, 0.2) is 47.6 Å². The van der Waals surface area contributed by atoms with Crippen molar-refractivity contribution in [3.63, 3.8) is 0 Å². The van der Waals surface area contributed by atoms with E-state index in [1.54, 1.807) is 0 Å². The molecule has 0 fully saturated rings. The molecule has 1 aliphatic rings. The largest absolute Gasteiger partial charge is 0.0914 e. The van der Waals surface area contributed by atoms with Crippen LogP contribution >= 0.6 is 0 Å². The topological polar surface area (TPSA) is 0 Å². The van der Waals surface area contributed by atoms with E-state index < -0.39 is 0 Å². The van der Waals surface area contributed by atoms with Crippen molar-refractivity contribution in [2.45, 2.75) is 33.1 Å². The van der Waals surface area contributed by atoms with Gasteiger partial charge in [0.25, 0.3) is 0 Å². The van der Waals surface area contributed by atoms with Crippen molar-refractivity contribution in [1.82, 2.24) is 0 Å². The minimum Gasteiger partial charge on any atom is -0.0914 e. The second-order valence-electron chi connectivity index (χ2n) is 3.46. The Hall–Kier alpha value is -1.04. The van der Waals surface area contributed by atoms with Crippen LogP contribution in [0, 0.1) is 0 Å². The maximum Gasteiger partial charge on any atom is -0.0166 e. The second-order valence-corrected chi connectivity index (χ2v) is 3.46. The van der Waals surface area contributed by atoms with Gasteiger partial charge in [0.1, 0.15) is 0 Å². The predicted molar refractivity (Wildman–Crippen MR) is 59.6 cm³/mol. The van der Waals surface area contributed by atoms with Gasteiger partial charge in [0.15, 0.2) is 0 Å². The number of allylic oxidation sites excluding steroid dienone is 8. The normalized spacial score (nSPS) is 18.0. The summed E-state index contributed by atoms with van der Waals surface area (Å²) >= 11 is 0. The van der Waals surface area contributed by atoms with Gasteiger partial charge in [-0.25, -0.2) is 0 Å². The maximum atomic E-state index is 2.24. The summed E-state index contributed by atoms with van der Waals surface area (Å²) in [5.74, 6) is 0. The summed E-state index contributed by atoms with van der Waals surface area (Å²) < 4.78 is 0. The summed E-state index contributed by atoms with van der Waals surface area (Å²) in [6.45, 7) is 4.25. The van der Waals surface area contributed by atoms with E-state index in [9.17, 15) is 0 Å². The molecule has 0 spiro atoms. The lowest BCUT2D eigenvalue weighted by Crippen LogP contribution is -1.87. The van der Waals surface area contributed by atoms with E-state index in [4.69, 9.17) is 0 Å². The van der Waals surface area contributed by atoms with Crippen LogP contribution in [0.3, 0.4) is 0 Å². The summed E-state index contributed by atoms with van der Waals surface area (Å²) in [7, 11) is 0. The van der Waals surface area contributed by atoms with E-state index in [0.29, 0.717) is 0 Å². The average Bonchev–Trinajstić information content (AvgIpc) is 2.15. The van der Waals surface area contributed by atoms with Gasteiger partial charge in [0.2, 0.25) is 0 Å². The summed E-state index contributed by atoms with van der Waals surface area (Å²) in [6, 6.07) is 0. The fourth-order valence-electron chi connectivity index (χ4n) is 1.33. The van der Waals surface area contributed by atoms with Crippen molar-refractivity contribution in [2.75, 3.05) is 0 Å². The Bertz CT molecular complexity index is 262. The van der Waals surface area contributed by atoms with Gasteiger partial charge in [0.05, 0.1) is 0 Å². The van der Waals surface area contributed by atoms with Gasteiger partial charge in [-0.05, 0) is 38.7 Å². The molecule has 0 aromatic rings. The lowest BCUT2D eigenvalue weighted by molar-refractivity contribution is 0.926. The van der Waals surface area contributed by atoms with E-state index in [0.717, 1.165) is 6.42 Å². The number of rotatable bonds is 3. The highest BCUT2D eigenvalue weighted by Gasteiger charge is 1.98. The Morgan fingerprint density at radius 2 is 2.08 bits per heavy atom. The molecule has 0 heterocycles. The molecular weight excluding hydrogens is 156 g/mol. The zero-order valence-electron chi connectivity index (χ0n) is 8.59. The molecule has 0 unspecified atom stereocenters. The Kier molecular flexibility index (Phi) is 4.31. The molecule has 0 heteroatoms. The van der Waals surface area contributed by atoms with Gasteiger partial charge < -0.3 is 0 Å². The van der Waals surface area contributed by atoms with Crippen molar-refractivity contribution in [2.24, 2.45) is 0 Å². The molecule has 1 aliphatic carbocycles. The molecule has 0 amide bonds. The van der Waals surface area contributed by atoms with Crippen LogP contribution in [0.25, 0.3) is 0 Å². The highest BCUT2D eigenvalue weighted by Crippen LogP contribution is 2.18. The minimum atomic E-state index is 1.05. The zero-order chi connectivity index (χ0) is 9.52. The van der Waals surface area contributed by atoms with Gasteiger partial charge in [-0.1, -0.05) is 42.0 Å². The monoisotopic (exact) mass is 174 g/mol. The third-order valence-corrected chi connectivity index (χ3v) is 2.23. The lowest BCUT2D eigenvalue weighted by atomic mass is 9.99. The molecular formula is C13H18. The van der Waals surface area contributed by atoms with Gasteiger partial charge in [-0.2, -0.15) is 0 Å². The third kappa shape index (κ3) is 3.93. The second kappa shape index (κ2) is 5.58. The molecule has 0 nitrogen and oxygen atoms in total. The van der Waals surface area contributed by atoms with Gasteiger partial charge in [-0.15, -0.1) is 0 Å². The molecule has 0 bridgehead atoms. The fraction of sp³-hybridized carbons (Fsp3) is 0.385. The first kappa shape index (κ1) is 10.0. The number of hydrogen-bond donors (Lipinski definition) is 0. The van der Waals surface area contributed by atoms with Gasteiger partial charge in [-0.3, -0.25) is 0 Å². The molecule has 0 aromatic heterocycles. The molecule has 1 rings (SSSR count). The molecule has 0 saturated carbocycles. The molecule has 70 valence electrons. The first-order valence-corrected chi connectivity index (χ1v) is 4.97. The Balaban J connectivity index is 2.41. The molecule has 13 heavy (non-hydrogen) atoms. The molecule has 0 N–H and O–H groups in total. The van der Waals surface area contributed by atoms with Crippen molar-refractivity contribution >= 4 is 0 Å². The fourth-order valence-corrected chi connectivity index (χ4v) is 1.33. The van der Waals surface area contributed by atoms with Crippen LogP contribution < -0.4 is 0 Å². The van der Waals surface area contributed by atoms with E-state index in [-0.39, 0.29) is 0 Å². The zero-order valence-corrected chi connectivity index (χ0v) is 8.59. The summed E-state index contributed by atoms with van der Waals surface area (Å²) in [6.07, 6.45) is 16.6. The average molecular weight is 174 g/mol. The van der Waals surface area contributed by atoms with Crippen LogP contribution in [0.1, 0.15) is 33.1 Å². The summed E-state index contributed by atoms with van der Waals surface area (Å²) in [5, 5.41) is 0. The van der Waals surface area contributed by atoms with E-state index in [2.05, 4.69) is 50.3 Å². The molecule has 0 radical (unpaired) electrons. The molecule has 0 aliphatic heterocycles. The number of hydrogen-bond acceptors (Lipinski definition) is 0. The smallest absolute Gasteiger partial charge is 0.0166 e. The summed E-state index contributed by atoms with van der Waals surface area (Å²) in [4.78, 5) is 0. The molecule has 0 atom stereocenters. The highest BCUT2D eigenvalue weighted by atomic mass is 14.0. The molecule has 0 aromatic carbocycles. The molecule has 0 saturated heterocycles. The van der Waals surface area contributed by atoms with E-state index >= 15 is 0 Å². The summed E-state index contributed by atoms with van der Waals surface area (Å²) in [5.41, 5.74) is 2.95. The maximum absolute atomic E-state index is 2.24. The van der Waals surface area contributed by atoms with Gasteiger partial charge in [0, 0.05) is 0 Å². The van der Waals surface area contributed by atoms with E-state index in [1.807, 2.05) is 0 Å². The first-order valence-electron chi connectivity index (χ1n) is 4.97. The van der Waals surface area contributed by atoms with Gasteiger partial charge >= 0.3 is 0 Å². The van der Waals surface area contributed by atoms with Crippen molar-refractivity contribution in [3.8, 4) is 0 Å². The van der Waals surface area contributed by atoms with E-state index in [1.165, 1.54) is 24.0 Å². The predicted octanol–water partition coefficient (Wildman–Crippen LogP) is 4.18. The first-order chi connectivity index (χ1) is 6.33. The Labute approximate surface area is 81.4 Å². The standard InChI is InChI=1S/C13H18/c1-3-4-5-6-7-13-10-8-12(2)9-11-13/h3-4,6-8,10H,5,9,11H2,1-2H3/b4-3+,7-6+. The van der Waals surface area contributed by atoms with Crippen LogP contribution in [-0.2, 0) is 0 Å². The Morgan fingerprint density at radius 3 is 2.69 bits per heavy atom. The van der Waals surface area contributed by atoms with Crippen LogP contribution in [0.2, 0.25) is 0 Å². The quantitative estimate of drug-likeness (QED) is 0.563. The van der Waals surface area contributed by atoms with Crippen molar-refractivity contribution < 1.29 is 0 Å². The third-order valence-electron chi connectivity index (χ3n) is 2.23. The minimum absolute atomic E-state index is 1.05. The SMILES string of the molecule is C/C=C/C/C=C/C1=CC=C(C)CC1.